The van der Waals surface area contributed by atoms with Gasteiger partial charge < -0.3 is 15.2 Å². The third kappa shape index (κ3) is 3.51. The molecule has 0 fully saturated rings. The third-order valence-electron chi connectivity index (χ3n) is 3.18. The van der Waals surface area contributed by atoms with Crippen LogP contribution in [-0.2, 0) is 0 Å². The Balaban J connectivity index is 2.27. The summed E-state index contributed by atoms with van der Waals surface area (Å²) in [6.45, 7) is 0.339. The van der Waals surface area contributed by atoms with E-state index in [4.69, 9.17) is 9.84 Å². The maximum Gasteiger partial charge on any atom is 0.404 e. The Kier molecular flexibility index (Phi) is 4.60. The van der Waals surface area contributed by atoms with Crippen LogP contribution in [0.3, 0.4) is 0 Å². The number of carboxylic acid groups (broad SMARTS) is 1. The van der Waals surface area contributed by atoms with Crippen LogP contribution in [0.4, 0.5) is 4.79 Å². The minimum absolute atomic E-state index is 0.0155. The average molecular weight is 271 g/mol. The Hall–Kier alpha value is -2.49. The molecule has 0 aliphatic rings. The number of rotatable bonds is 5. The van der Waals surface area contributed by atoms with Gasteiger partial charge in [0.15, 0.2) is 0 Å². The first-order chi connectivity index (χ1) is 9.70. The topological polar surface area (TPSA) is 58.6 Å². The minimum atomic E-state index is -1.01. The molecule has 1 unspecified atom stereocenters. The number of hydrogen-bond donors (Lipinski definition) is 2. The fraction of sp³-hybridized carbons (Fsp3) is 0.188. The number of benzene rings is 2. The second-order valence-electron chi connectivity index (χ2n) is 4.42. The van der Waals surface area contributed by atoms with Gasteiger partial charge in [0.25, 0.3) is 0 Å². The number of methoxy groups -OCH3 is 1. The first kappa shape index (κ1) is 13.9. The van der Waals surface area contributed by atoms with Gasteiger partial charge in [-0.25, -0.2) is 4.79 Å². The molecule has 1 amide bonds. The molecule has 4 heteroatoms. The molecule has 20 heavy (non-hydrogen) atoms. The molecule has 0 aromatic heterocycles. The van der Waals surface area contributed by atoms with Gasteiger partial charge in [0.05, 0.1) is 7.11 Å². The van der Waals surface area contributed by atoms with E-state index >= 15 is 0 Å². The zero-order valence-electron chi connectivity index (χ0n) is 11.2. The lowest BCUT2D eigenvalue weighted by atomic mass is 9.91. The summed E-state index contributed by atoms with van der Waals surface area (Å²) in [6.07, 6.45) is -1.01. The number of ether oxygens (including phenoxy) is 1. The summed E-state index contributed by atoms with van der Waals surface area (Å²) >= 11 is 0. The zero-order valence-corrected chi connectivity index (χ0v) is 11.2. The molecule has 4 nitrogen and oxygen atoms in total. The van der Waals surface area contributed by atoms with Crippen molar-refractivity contribution in [2.75, 3.05) is 13.7 Å². The quantitative estimate of drug-likeness (QED) is 0.878. The molecule has 0 radical (unpaired) electrons. The Labute approximate surface area is 118 Å². The molecular weight excluding hydrogens is 254 g/mol. The van der Waals surface area contributed by atoms with Crippen LogP contribution in [0.5, 0.6) is 5.75 Å². The summed E-state index contributed by atoms with van der Waals surface area (Å²) in [4.78, 5) is 10.7. The van der Waals surface area contributed by atoms with Crippen LogP contribution in [0.2, 0.25) is 0 Å². The van der Waals surface area contributed by atoms with E-state index in [9.17, 15) is 4.79 Å². The van der Waals surface area contributed by atoms with Crippen molar-refractivity contribution in [3.8, 4) is 5.75 Å². The van der Waals surface area contributed by atoms with Gasteiger partial charge >= 0.3 is 6.09 Å². The second kappa shape index (κ2) is 6.61. The van der Waals surface area contributed by atoms with E-state index in [0.29, 0.717) is 6.54 Å². The number of nitrogens with one attached hydrogen (secondary N) is 1. The van der Waals surface area contributed by atoms with Crippen LogP contribution >= 0.6 is 0 Å². The molecule has 0 heterocycles. The Morgan fingerprint density at radius 3 is 2.25 bits per heavy atom. The molecule has 0 bridgehead atoms. The van der Waals surface area contributed by atoms with Crippen molar-refractivity contribution >= 4 is 6.09 Å². The maximum absolute atomic E-state index is 10.7. The van der Waals surface area contributed by atoms with Crippen molar-refractivity contribution in [2.45, 2.75) is 5.92 Å². The lowest BCUT2D eigenvalue weighted by Gasteiger charge is -2.18. The van der Waals surface area contributed by atoms with Gasteiger partial charge in [0, 0.05) is 12.5 Å². The van der Waals surface area contributed by atoms with Crippen molar-refractivity contribution in [3.05, 3.63) is 65.7 Å². The molecule has 0 saturated heterocycles. The van der Waals surface area contributed by atoms with Gasteiger partial charge in [0.1, 0.15) is 5.75 Å². The highest BCUT2D eigenvalue weighted by Crippen LogP contribution is 2.25. The van der Waals surface area contributed by atoms with Crippen LogP contribution in [-0.4, -0.2) is 24.9 Å². The van der Waals surface area contributed by atoms with E-state index in [2.05, 4.69) is 5.32 Å². The first-order valence-corrected chi connectivity index (χ1v) is 6.36. The van der Waals surface area contributed by atoms with Crippen LogP contribution in [0.25, 0.3) is 0 Å². The summed E-state index contributed by atoms with van der Waals surface area (Å²) in [5, 5.41) is 11.3. The fourth-order valence-corrected chi connectivity index (χ4v) is 2.14. The highest BCUT2D eigenvalue weighted by atomic mass is 16.5. The minimum Gasteiger partial charge on any atom is -0.497 e. The summed E-state index contributed by atoms with van der Waals surface area (Å²) in [5.41, 5.74) is 2.12. The summed E-state index contributed by atoms with van der Waals surface area (Å²) < 4.78 is 5.14. The van der Waals surface area contributed by atoms with Crippen LogP contribution in [0, 0.1) is 0 Å². The predicted molar refractivity (Wildman–Crippen MR) is 77.3 cm³/mol. The smallest absolute Gasteiger partial charge is 0.404 e. The van der Waals surface area contributed by atoms with Crippen LogP contribution in [0.15, 0.2) is 54.6 Å². The van der Waals surface area contributed by atoms with Crippen LogP contribution in [0.1, 0.15) is 17.0 Å². The van der Waals surface area contributed by atoms with Crippen molar-refractivity contribution in [3.63, 3.8) is 0 Å². The molecule has 2 N–H and O–H groups in total. The van der Waals surface area contributed by atoms with Gasteiger partial charge in [-0.05, 0) is 23.3 Å². The lowest BCUT2D eigenvalue weighted by Crippen LogP contribution is -2.27. The number of amides is 1. The van der Waals surface area contributed by atoms with Crippen molar-refractivity contribution in [1.82, 2.24) is 5.32 Å². The SMILES string of the molecule is COc1ccc(C(CNC(=O)O)c2ccccc2)cc1. The number of hydrogen-bond acceptors (Lipinski definition) is 2. The van der Waals surface area contributed by atoms with Gasteiger partial charge in [-0.3, -0.25) is 0 Å². The highest BCUT2D eigenvalue weighted by Gasteiger charge is 2.15. The monoisotopic (exact) mass is 271 g/mol. The standard InChI is InChI=1S/C16H17NO3/c1-20-14-9-7-13(8-10-14)15(11-17-16(18)19)12-5-3-2-4-6-12/h2-10,15,17H,11H2,1H3,(H,18,19). The Bertz CT molecular complexity index is 552. The van der Waals surface area contributed by atoms with Crippen LogP contribution < -0.4 is 10.1 Å². The Morgan fingerprint density at radius 2 is 1.70 bits per heavy atom. The van der Waals surface area contributed by atoms with E-state index < -0.39 is 6.09 Å². The summed E-state index contributed by atoms with van der Waals surface area (Å²) in [6, 6.07) is 17.5. The molecule has 2 aromatic carbocycles. The molecule has 0 saturated carbocycles. The molecule has 0 aliphatic heterocycles. The molecular formula is C16H17NO3. The third-order valence-corrected chi connectivity index (χ3v) is 3.18. The molecule has 0 aliphatic carbocycles. The zero-order chi connectivity index (χ0) is 14.4. The van der Waals surface area contributed by atoms with Crippen molar-refractivity contribution in [1.29, 1.82) is 0 Å². The average Bonchev–Trinajstić information content (AvgIpc) is 2.49. The lowest BCUT2D eigenvalue weighted by molar-refractivity contribution is 0.194. The molecule has 104 valence electrons. The van der Waals surface area contributed by atoms with E-state index in [1.54, 1.807) is 7.11 Å². The van der Waals surface area contributed by atoms with Gasteiger partial charge in [-0.1, -0.05) is 42.5 Å². The first-order valence-electron chi connectivity index (χ1n) is 6.36. The van der Waals surface area contributed by atoms with E-state index in [0.717, 1.165) is 16.9 Å². The van der Waals surface area contributed by atoms with Crippen molar-refractivity contribution < 1.29 is 14.6 Å². The molecule has 2 rings (SSSR count). The molecule has 0 spiro atoms. The summed E-state index contributed by atoms with van der Waals surface area (Å²) in [7, 11) is 1.62. The largest absolute Gasteiger partial charge is 0.497 e. The summed E-state index contributed by atoms with van der Waals surface area (Å²) in [5.74, 6) is 0.768. The highest BCUT2D eigenvalue weighted by molar-refractivity contribution is 5.64. The maximum atomic E-state index is 10.7. The van der Waals surface area contributed by atoms with Gasteiger partial charge in [-0.15, -0.1) is 0 Å². The van der Waals surface area contributed by atoms with Crippen molar-refractivity contribution in [2.24, 2.45) is 0 Å². The van der Waals surface area contributed by atoms with E-state index in [1.165, 1.54) is 0 Å². The normalized spacial score (nSPS) is 11.7. The second-order valence-corrected chi connectivity index (χ2v) is 4.42. The molecule has 1 atom stereocenters. The Morgan fingerprint density at radius 1 is 1.10 bits per heavy atom. The van der Waals surface area contributed by atoms with Gasteiger partial charge in [-0.2, -0.15) is 0 Å². The van der Waals surface area contributed by atoms with E-state index in [1.807, 2.05) is 54.6 Å². The number of carbonyl (C=O) groups is 1. The predicted octanol–water partition coefficient (Wildman–Crippen LogP) is 3.09. The van der Waals surface area contributed by atoms with E-state index in [-0.39, 0.29) is 5.92 Å². The van der Waals surface area contributed by atoms with Gasteiger partial charge in [0.2, 0.25) is 0 Å². The fourth-order valence-electron chi connectivity index (χ4n) is 2.14. The molecule has 2 aromatic rings.